The van der Waals surface area contributed by atoms with Crippen molar-refractivity contribution in [2.24, 2.45) is 0 Å². The largest absolute Gasteiger partial charge is 0.497 e. The molecule has 0 aliphatic carbocycles. The second kappa shape index (κ2) is 3.96. The molecule has 0 heterocycles. The van der Waals surface area contributed by atoms with Crippen LogP contribution in [0.15, 0.2) is 29.2 Å². The van der Waals surface area contributed by atoms with Crippen molar-refractivity contribution in [1.82, 2.24) is 0 Å². The zero-order valence-electron chi connectivity index (χ0n) is 6.39. The third-order valence-electron chi connectivity index (χ3n) is 1.22. The van der Waals surface area contributed by atoms with Gasteiger partial charge in [0.2, 0.25) is 0 Å². The molecule has 64 valence electrons. The Bertz CT molecular complexity index is 290. The smallest absolute Gasteiger partial charge is 0.265 e. The average Bonchev–Trinajstić information content (AvgIpc) is 2.03. The highest BCUT2D eigenvalue weighted by molar-refractivity contribution is 7.93. The number of benzene rings is 1. The van der Waals surface area contributed by atoms with E-state index in [-0.39, 0.29) is 0 Å². The highest BCUT2D eigenvalue weighted by Crippen LogP contribution is 2.22. The molecule has 1 aromatic carbocycles. The van der Waals surface area contributed by atoms with Gasteiger partial charge in [0.25, 0.3) is 11.9 Å². The van der Waals surface area contributed by atoms with Crippen LogP contribution in [0, 0.1) is 10.1 Å². The molecule has 12 heavy (non-hydrogen) atoms. The first-order valence-electron chi connectivity index (χ1n) is 3.19. The maximum Gasteiger partial charge on any atom is 0.265 e. The van der Waals surface area contributed by atoms with Crippen LogP contribution in [0.5, 0.6) is 5.75 Å². The lowest BCUT2D eigenvalue weighted by Crippen LogP contribution is -1.85. The molecule has 0 fully saturated rings. The second-order valence-corrected chi connectivity index (χ2v) is 2.95. The molecule has 0 N–H and O–H groups in total. The van der Waals surface area contributed by atoms with E-state index in [1.807, 2.05) is 0 Å². The molecule has 0 aliphatic heterocycles. The van der Waals surface area contributed by atoms with E-state index in [0.717, 1.165) is 0 Å². The Labute approximate surface area is 73.8 Å². The molecule has 0 unspecified atom stereocenters. The van der Waals surface area contributed by atoms with Crippen LogP contribution in [0.2, 0.25) is 0 Å². The maximum absolute atomic E-state index is 10.1. The van der Waals surface area contributed by atoms with Crippen molar-refractivity contribution >= 4 is 11.9 Å². The standard InChI is InChI=1S/C7H7NO3S/c1-11-6-3-2-4-7(5-6)12-8(9)10/h2-5H,1H3. The van der Waals surface area contributed by atoms with Crippen molar-refractivity contribution in [2.45, 2.75) is 4.90 Å². The summed E-state index contributed by atoms with van der Waals surface area (Å²) in [5.74, 6) is 0.627. The molecule has 0 radical (unpaired) electrons. The van der Waals surface area contributed by atoms with Gasteiger partial charge >= 0.3 is 0 Å². The van der Waals surface area contributed by atoms with Gasteiger partial charge in [0.1, 0.15) is 10.1 Å². The minimum absolute atomic E-state index is 0.450. The number of nitro groups is 1. The summed E-state index contributed by atoms with van der Waals surface area (Å²) in [7, 11) is 1.52. The van der Waals surface area contributed by atoms with Crippen LogP contribution in [0.25, 0.3) is 0 Å². The summed E-state index contributed by atoms with van der Waals surface area (Å²) in [4.78, 5) is 10.7. The van der Waals surface area contributed by atoms with Crippen LogP contribution in [-0.4, -0.2) is 11.4 Å². The van der Waals surface area contributed by atoms with Gasteiger partial charge in [-0.05, 0) is 12.1 Å². The molecule has 0 aromatic heterocycles. The van der Waals surface area contributed by atoms with Gasteiger partial charge < -0.3 is 4.74 Å². The topological polar surface area (TPSA) is 52.4 Å². The number of nitrogens with zero attached hydrogens (tertiary/aromatic N) is 1. The van der Waals surface area contributed by atoms with Crippen LogP contribution in [0.1, 0.15) is 0 Å². The van der Waals surface area contributed by atoms with Gasteiger partial charge in [-0.15, -0.1) is 0 Å². The van der Waals surface area contributed by atoms with E-state index in [2.05, 4.69) is 0 Å². The number of methoxy groups -OCH3 is 1. The van der Waals surface area contributed by atoms with Gasteiger partial charge in [-0.2, -0.15) is 0 Å². The van der Waals surface area contributed by atoms with E-state index in [4.69, 9.17) is 4.74 Å². The molecule has 0 aliphatic rings. The summed E-state index contributed by atoms with van der Waals surface area (Å²) < 4.78 is 4.45. The van der Waals surface area contributed by atoms with Crippen molar-refractivity contribution in [3.63, 3.8) is 0 Å². The van der Waals surface area contributed by atoms with Gasteiger partial charge in [-0.25, -0.2) is 0 Å². The highest BCUT2D eigenvalue weighted by Gasteiger charge is 2.05. The molecule has 5 heteroatoms. The van der Waals surface area contributed by atoms with Crippen LogP contribution in [0.3, 0.4) is 0 Å². The van der Waals surface area contributed by atoms with E-state index in [9.17, 15) is 10.1 Å². The molecule has 0 saturated heterocycles. The van der Waals surface area contributed by atoms with Gasteiger partial charge in [-0.1, -0.05) is 6.07 Å². The predicted molar refractivity (Wildman–Crippen MR) is 45.8 cm³/mol. The number of rotatable bonds is 3. The summed E-state index contributed by atoms with van der Waals surface area (Å²) in [5.41, 5.74) is 0. The van der Waals surface area contributed by atoms with Gasteiger partial charge in [-0.3, -0.25) is 10.1 Å². The fourth-order valence-corrected chi connectivity index (χ4v) is 1.22. The first-order valence-corrected chi connectivity index (χ1v) is 3.96. The summed E-state index contributed by atoms with van der Waals surface area (Å²) in [6.45, 7) is 0. The first-order chi connectivity index (χ1) is 5.72. The van der Waals surface area contributed by atoms with Crippen LogP contribution >= 0.6 is 11.9 Å². The predicted octanol–water partition coefficient (Wildman–Crippen LogP) is 1.98. The minimum Gasteiger partial charge on any atom is -0.497 e. The van der Waals surface area contributed by atoms with Crippen molar-refractivity contribution in [1.29, 1.82) is 0 Å². The Hall–Kier alpha value is -1.23. The molecule has 0 atom stereocenters. The van der Waals surface area contributed by atoms with Crippen molar-refractivity contribution in [2.75, 3.05) is 7.11 Å². The Balaban J connectivity index is 2.79. The fourth-order valence-electron chi connectivity index (χ4n) is 0.744. The summed E-state index contributed by atoms with van der Waals surface area (Å²) in [5, 5.41) is 10.1. The highest BCUT2D eigenvalue weighted by atomic mass is 32.2. The van der Waals surface area contributed by atoms with Crippen molar-refractivity contribution in [3.05, 3.63) is 34.4 Å². The molecule has 0 amide bonds. The zero-order chi connectivity index (χ0) is 8.97. The molecule has 0 bridgehead atoms. The normalized spacial score (nSPS) is 9.42. The monoisotopic (exact) mass is 185 g/mol. The first kappa shape index (κ1) is 8.86. The third kappa shape index (κ3) is 2.43. The Morgan fingerprint density at radius 2 is 2.33 bits per heavy atom. The van der Waals surface area contributed by atoms with E-state index in [1.54, 1.807) is 24.3 Å². The molecule has 0 spiro atoms. The van der Waals surface area contributed by atoms with Crippen LogP contribution < -0.4 is 4.74 Å². The van der Waals surface area contributed by atoms with Crippen molar-refractivity contribution in [3.8, 4) is 5.75 Å². The lowest BCUT2D eigenvalue weighted by Gasteiger charge is -1.98. The van der Waals surface area contributed by atoms with Crippen LogP contribution in [-0.2, 0) is 0 Å². The molecule has 1 aromatic rings. The second-order valence-electron chi connectivity index (χ2n) is 1.99. The minimum atomic E-state index is -0.450. The SMILES string of the molecule is COc1cccc(S[N+](=O)[O-])c1. The molecular weight excluding hydrogens is 178 g/mol. The van der Waals surface area contributed by atoms with Crippen LogP contribution in [0.4, 0.5) is 0 Å². The van der Waals surface area contributed by atoms with Gasteiger partial charge in [0.15, 0.2) is 0 Å². The number of hydrogen-bond acceptors (Lipinski definition) is 4. The summed E-state index contributed by atoms with van der Waals surface area (Å²) in [6, 6.07) is 6.73. The van der Waals surface area contributed by atoms with E-state index in [0.29, 0.717) is 22.6 Å². The Morgan fingerprint density at radius 1 is 1.58 bits per heavy atom. The van der Waals surface area contributed by atoms with Gasteiger partial charge in [0, 0.05) is 6.07 Å². The zero-order valence-corrected chi connectivity index (χ0v) is 7.21. The lowest BCUT2D eigenvalue weighted by atomic mass is 10.3. The van der Waals surface area contributed by atoms with E-state index >= 15 is 0 Å². The van der Waals surface area contributed by atoms with E-state index in [1.165, 1.54) is 7.11 Å². The summed E-state index contributed by atoms with van der Waals surface area (Å²) in [6.07, 6.45) is 0. The Kier molecular flexibility index (Phi) is 2.93. The quantitative estimate of drug-likeness (QED) is 0.410. The number of ether oxygens (including phenoxy) is 1. The molecule has 0 saturated carbocycles. The average molecular weight is 185 g/mol. The third-order valence-corrected chi connectivity index (χ3v) is 1.83. The Morgan fingerprint density at radius 3 is 2.92 bits per heavy atom. The lowest BCUT2D eigenvalue weighted by molar-refractivity contribution is -0.284. The van der Waals surface area contributed by atoms with E-state index < -0.39 is 4.33 Å². The number of hydrogen-bond donors (Lipinski definition) is 0. The fraction of sp³-hybridized carbons (Fsp3) is 0.143. The van der Waals surface area contributed by atoms with Gasteiger partial charge in [0.05, 0.1) is 12.0 Å². The molecular formula is C7H7NO3S. The summed E-state index contributed by atoms with van der Waals surface area (Å²) >= 11 is 0.570. The van der Waals surface area contributed by atoms with Crippen molar-refractivity contribution < 1.29 is 9.07 Å². The maximum atomic E-state index is 10.1. The molecule has 4 nitrogen and oxygen atoms in total. The molecule has 1 rings (SSSR count).